The molecule has 2 aromatic heterocycles. The van der Waals surface area contributed by atoms with Crippen molar-refractivity contribution in [3.63, 3.8) is 0 Å². The zero-order valence-electron chi connectivity index (χ0n) is 24.7. The van der Waals surface area contributed by atoms with Gasteiger partial charge in [-0.2, -0.15) is 10.2 Å². The molecular formula is C31H39N9O3. The molecule has 3 amide bonds. The molecule has 4 heterocycles. The molecule has 3 N–H and O–H groups in total. The van der Waals surface area contributed by atoms with E-state index in [0.29, 0.717) is 57.3 Å². The van der Waals surface area contributed by atoms with Gasteiger partial charge in [0.05, 0.1) is 11.7 Å². The highest BCUT2D eigenvalue weighted by Crippen LogP contribution is 2.26. The summed E-state index contributed by atoms with van der Waals surface area (Å²) in [5.74, 6) is 0.553. The third kappa shape index (κ3) is 6.19. The van der Waals surface area contributed by atoms with Crippen LogP contribution in [0.1, 0.15) is 37.3 Å². The van der Waals surface area contributed by atoms with E-state index in [1.165, 1.54) is 0 Å². The fraction of sp³-hybridized carbons (Fsp3) is 0.452. The van der Waals surface area contributed by atoms with E-state index in [-0.39, 0.29) is 23.7 Å². The van der Waals surface area contributed by atoms with E-state index in [0.717, 1.165) is 34.9 Å². The Morgan fingerprint density at radius 1 is 0.977 bits per heavy atom. The van der Waals surface area contributed by atoms with E-state index in [4.69, 9.17) is 0 Å². The molecule has 4 aromatic rings. The first-order valence-corrected chi connectivity index (χ1v) is 15.0. The standard InChI is InChI=1S/C31H39N9O3/c1-37(2)24-10-14-38(15-11-24)29(41)27(19-21-8-9-26-23(18-21)20-32-34-26)33-30(42)39-16-12-25(13-17-39)40-28(35-36-31(40)43)22-6-4-3-5-7-22/h3-9,18,20,24-25,27H,10-17,19H2,1-2H3,(H,32,34)(H,33,42)(H,36,43). The van der Waals surface area contributed by atoms with Crippen molar-refractivity contribution in [3.05, 3.63) is 70.8 Å². The second-order valence-corrected chi connectivity index (χ2v) is 11.8. The van der Waals surface area contributed by atoms with Crippen LogP contribution in [0.5, 0.6) is 0 Å². The number of nitrogens with one attached hydrogen (secondary N) is 3. The molecule has 0 saturated carbocycles. The van der Waals surface area contributed by atoms with Crippen LogP contribution in [0.2, 0.25) is 0 Å². The van der Waals surface area contributed by atoms with E-state index >= 15 is 0 Å². The summed E-state index contributed by atoms with van der Waals surface area (Å²) in [6.07, 6.45) is 5.19. The van der Waals surface area contributed by atoms with Crippen molar-refractivity contribution in [2.75, 3.05) is 40.3 Å². The molecular weight excluding hydrogens is 546 g/mol. The molecule has 6 rings (SSSR count). The van der Waals surface area contributed by atoms with Gasteiger partial charge in [0, 0.05) is 55.6 Å². The maximum Gasteiger partial charge on any atom is 0.343 e. The Bertz CT molecular complexity index is 1610. The van der Waals surface area contributed by atoms with Crippen molar-refractivity contribution in [1.82, 2.24) is 45.0 Å². The predicted octanol–water partition coefficient (Wildman–Crippen LogP) is 2.63. The number of urea groups is 1. The van der Waals surface area contributed by atoms with Gasteiger partial charge in [0.2, 0.25) is 5.91 Å². The van der Waals surface area contributed by atoms with Crippen molar-refractivity contribution in [1.29, 1.82) is 0 Å². The second-order valence-electron chi connectivity index (χ2n) is 11.8. The Morgan fingerprint density at radius 2 is 1.70 bits per heavy atom. The highest BCUT2D eigenvalue weighted by Gasteiger charge is 2.33. The zero-order valence-corrected chi connectivity index (χ0v) is 24.7. The minimum Gasteiger partial charge on any atom is -0.341 e. The molecule has 226 valence electrons. The van der Waals surface area contributed by atoms with Crippen LogP contribution in [0, 0.1) is 0 Å². The fourth-order valence-corrected chi connectivity index (χ4v) is 6.38. The summed E-state index contributed by atoms with van der Waals surface area (Å²) in [6, 6.07) is 15.0. The number of hydrogen-bond donors (Lipinski definition) is 3. The van der Waals surface area contributed by atoms with E-state index < -0.39 is 6.04 Å². The third-order valence-corrected chi connectivity index (χ3v) is 8.90. The van der Waals surface area contributed by atoms with Crippen LogP contribution in [0.4, 0.5) is 4.79 Å². The van der Waals surface area contributed by atoms with Gasteiger partial charge >= 0.3 is 11.7 Å². The molecule has 0 bridgehead atoms. The number of benzene rings is 2. The molecule has 43 heavy (non-hydrogen) atoms. The minimum atomic E-state index is -0.688. The van der Waals surface area contributed by atoms with E-state index in [1.54, 1.807) is 15.7 Å². The zero-order chi connectivity index (χ0) is 29.9. The predicted molar refractivity (Wildman–Crippen MR) is 164 cm³/mol. The Kier molecular flexibility index (Phi) is 8.28. The molecule has 2 aliphatic rings. The summed E-state index contributed by atoms with van der Waals surface area (Å²) in [7, 11) is 4.15. The summed E-state index contributed by atoms with van der Waals surface area (Å²) in [5.41, 5.74) is 2.50. The quantitative estimate of drug-likeness (QED) is 0.305. The van der Waals surface area contributed by atoms with Gasteiger partial charge in [0.15, 0.2) is 5.82 Å². The summed E-state index contributed by atoms with van der Waals surface area (Å²) in [4.78, 5) is 46.0. The molecule has 2 aliphatic heterocycles. The average Bonchev–Trinajstić information content (AvgIpc) is 3.67. The topological polar surface area (TPSA) is 135 Å². The van der Waals surface area contributed by atoms with Gasteiger partial charge < -0.3 is 20.0 Å². The number of carbonyl (C=O) groups excluding carboxylic acids is 2. The van der Waals surface area contributed by atoms with Gasteiger partial charge in [-0.25, -0.2) is 14.7 Å². The highest BCUT2D eigenvalue weighted by atomic mass is 16.2. The molecule has 2 fully saturated rings. The molecule has 12 heteroatoms. The van der Waals surface area contributed by atoms with Crippen LogP contribution in [0.15, 0.2) is 59.5 Å². The Labute approximate surface area is 250 Å². The molecule has 1 atom stereocenters. The number of aromatic amines is 2. The third-order valence-electron chi connectivity index (χ3n) is 8.90. The van der Waals surface area contributed by atoms with E-state index in [1.807, 2.05) is 53.4 Å². The van der Waals surface area contributed by atoms with Crippen LogP contribution < -0.4 is 11.0 Å². The lowest BCUT2D eigenvalue weighted by Gasteiger charge is -2.38. The van der Waals surface area contributed by atoms with Crippen LogP contribution in [0.3, 0.4) is 0 Å². The van der Waals surface area contributed by atoms with Gasteiger partial charge in [-0.05, 0) is 57.5 Å². The van der Waals surface area contributed by atoms with Crippen LogP contribution >= 0.6 is 0 Å². The maximum atomic E-state index is 13.8. The smallest absolute Gasteiger partial charge is 0.341 e. The Hall–Kier alpha value is -4.45. The number of amides is 3. The van der Waals surface area contributed by atoms with Gasteiger partial charge in [-0.1, -0.05) is 36.4 Å². The summed E-state index contributed by atoms with van der Waals surface area (Å²) in [5, 5.41) is 18.0. The SMILES string of the molecule is CN(C)C1CCN(C(=O)C(Cc2ccc3[nH]ncc3c2)NC(=O)N2CCC(n3c(-c4ccccc4)n[nH]c3=O)CC2)CC1. The Balaban J connectivity index is 1.14. The van der Waals surface area contributed by atoms with E-state index in [9.17, 15) is 14.4 Å². The summed E-state index contributed by atoms with van der Waals surface area (Å²) >= 11 is 0. The van der Waals surface area contributed by atoms with Gasteiger partial charge in [0.1, 0.15) is 6.04 Å². The first-order valence-electron chi connectivity index (χ1n) is 15.0. The number of likely N-dealkylation sites (tertiary alicyclic amines) is 2. The normalized spacial score (nSPS) is 17.5. The van der Waals surface area contributed by atoms with Crippen LogP contribution in [-0.4, -0.2) is 104 Å². The first-order chi connectivity index (χ1) is 20.9. The number of rotatable bonds is 7. The van der Waals surface area contributed by atoms with Crippen molar-refractivity contribution in [2.24, 2.45) is 0 Å². The summed E-state index contributed by atoms with van der Waals surface area (Å²) in [6.45, 7) is 2.28. The van der Waals surface area contributed by atoms with Crippen molar-refractivity contribution >= 4 is 22.8 Å². The van der Waals surface area contributed by atoms with Crippen molar-refractivity contribution in [3.8, 4) is 11.4 Å². The van der Waals surface area contributed by atoms with E-state index in [2.05, 4.69) is 44.7 Å². The lowest BCUT2D eigenvalue weighted by Crippen LogP contribution is -2.56. The maximum absolute atomic E-state index is 13.8. The number of H-pyrrole nitrogens is 2. The summed E-state index contributed by atoms with van der Waals surface area (Å²) < 4.78 is 1.71. The fourth-order valence-electron chi connectivity index (χ4n) is 6.38. The number of hydrogen-bond acceptors (Lipinski definition) is 6. The number of aromatic nitrogens is 5. The highest BCUT2D eigenvalue weighted by molar-refractivity contribution is 5.88. The number of carbonyl (C=O) groups is 2. The van der Waals surface area contributed by atoms with Crippen molar-refractivity contribution < 1.29 is 9.59 Å². The molecule has 12 nitrogen and oxygen atoms in total. The lowest BCUT2D eigenvalue weighted by molar-refractivity contribution is -0.134. The second kappa shape index (κ2) is 12.4. The molecule has 2 saturated heterocycles. The average molecular weight is 586 g/mol. The molecule has 0 spiro atoms. The largest absolute Gasteiger partial charge is 0.343 e. The first kappa shape index (κ1) is 28.7. The lowest BCUT2D eigenvalue weighted by atomic mass is 10.00. The van der Waals surface area contributed by atoms with Crippen molar-refractivity contribution in [2.45, 2.75) is 50.2 Å². The molecule has 1 unspecified atom stereocenters. The minimum absolute atomic E-state index is 0.0508. The van der Waals surface area contributed by atoms with Crippen LogP contribution in [-0.2, 0) is 11.2 Å². The number of nitrogens with zero attached hydrogens (tertiary/aromatic N) is 6. The number of piperidine rings is 2. The Morgan fingerprint density at radius 3 is 2.42 bits per heavy atom. The molecule has 0 radical (unpaired) electrons. The van der Waals surface area contributed by atoms with Gasteiger partial charge in [0.25, 0.3) is 0 Å². The van der Waals surface area contributed by atoms with Gasteiger partial charge in [-0.15, -0.1) is 0 Å². The van der Waals surface area contributed by atoms with Crippen LogP contribution in [0.25, 0.3) is 22.3 Å². The molecule has 2 aromatic carbocycles. The van der Waals surface area contributed by atoms with Gasteiger partial charge in [-0.3, -0.25) is 14.5 Å². The monoisotopic (exact) mass is 585 g/mol. The molecule has 0 aliphatic carbocycles. The number of fused-ring (bicyclic) bond motifs is 1.